The Morgan fingerprint density at radius 1 is 1.04 bits per heavy atom. The minimum Gasteiger partial charge on any atom is -0.459 e. The van der Waals surface area contributed by atoms with Crippen molar-refractivity contribution in [3.8, 4) is 0 Å². The highest BCUT2D eigenvalue weighted by atomic mass is 16.5. The zero-order chi connectivity index (χ0) is 15.4. The van der Waals surface area contributed by atoms with Crippen LogP contribution in [-0.2, 0) is 9.53 Å². The largest absolute Gasteiger partial charge is 0.459 e. The third-order valence-corrected chi connectivity index (χ3v) is 4.70. The van der Waals surface area contributed by atoms with E-state index < -0.39 is 0 Å². The Morgan fingerprint density at radius 2 is 1.91 bits per heavy atom. The highest BCUT2D eigenvalue weighted by molar-refractivity contribution is 6.11. The Hall–Kier alpha value is -2.95. The Kier molecular flexibility index (Phi) is 2.47. The van der Waals surface area contributed by atoms with Crippen LogP contribution < -0.4 is 0 Å². The number of cyclic esters (lactones) is 1. The number of carbonyl (C=O) groups is 1. The molecule has 0 aliphatic carbocycles. The van der Waals surface area contributed by atoms with Gasteiger partial charge in [-0.15, -0.1) is 0 Å². The third-order valence-electron chi connectivity index (χ3n) is 4.70. The van der Waals surface area contributed by atoms with E-state index in [0.29, 0.717) is 0 Å². The molecule has 0 bridgehead atoms. The molecule has 1 fully saturated rings. The van der Waals surface area contributed by atoms with Gasteiger partial charge in [0.1, 0.15) is 12.5 Å². The lowest BCUT2D eigenvalue weighted by molar-refractivity contribution is -0.141. The van der Waals surface area contributed by atoms with Crippen LogP contribution in [0.1, 0.15) is 17.0 Å². The van der Waals surface area contributed by atoms with E-state index in [4.69, 9.17) is 4.74 Å². The smallest absolute Gasteiger partial charge is 0.316 e. The second-order valence-corrected chi connectivity index (χ2v) is 5.91. The first-order valence-corrected chi connectivity index (χ1v) is 7.58. The van der Waals surface area contributed by atoms with Crippen molar-refractivity contribution < 1.29 is 9.53 Å². The van der Waals surface area contributed by atoms with Gasteiger partial charge in [0.15, 0.2) is 5.82 Å². The number of hydrogen-bond acceptors (Lipinski definition) is 4. The van der Waals surface area contributed by atoms with Crippen LogP contribution in [0, 0.1) is 5.92 Å². The zero-order valence-electron chi connectivity index (χ0n) is 12.2. The molecule has 5 nitrogen and oxygen atoms in total. The van der Waals surface area contributed by atoms with Crippen molar-refractivity contribution in [2.45, 2.75) is 5.92 Å². The Labute approximate surface area is 132 Å². The summed E-state index contributed by atoms with van der Waals surface area (Å²) in [7, 11) is 0. The van der Waals surface area contributed by atoms with E-state index in [-0.39, 0.29) is 24.4 Å². The van der Waals surface area contributed by atoms with Crippen molar-refractivity contribution in [2.75, 3.05) is 6.61 Å². The maximum Gasteiger partial charge on any atom is 0.316 e. The standard InChI is InChI=1S/C18H13N3O2/c22-18-16-14(9-23-18)20-17-13(8-19-21-17)15(16)12-7-3-5-10-4-1-2-6-11(10)12/h1-8,15-16H,9H2,(H,19,21). The molecule has 2 atom stereocenters. The highest BCUT2D eigenvalue weighted by Crippen LogP contribution is 2.45. The van der Waals surface area contributed by atoms with Crippen molar-refractivity contribution in [1.82, 2.24) is 10.2 Å². The van der Waals surface area contributed by atoms with Crippen LogP contribution in [0.2, 0.25) is 0 Å². The van der Waals surface area contributed by atoms with Crippen molar-refractivity contribution >= 4 is 28.3 Å². The minimum absolute atomic E-state index is 0.114. The summed E-state index contributed by atoms with van der Waals surface area (Å²) in [5, 5.41) is 9.36. The number of aromatic amines is 1. The van der Waals surface area contributed by atoms with E-state index >= 15 is 0 Å². The second-order valence-electron chi connectivity index (χ2n) is 5.91. The first-order chi connectivity index (χ1) is 11.3. The predicted molar refractivity (Wildman–Crippen MR) is 85.9 cm³/mol. The van der Waals surface area contributed by atoms with Crippen LogP contribution in [0.3, 0.4) is 0 Å². The summed E-state index contributed by atoms with van der Waals surface area (Å²) >= 11 is 0. The Bertz CT molecular complexity index is 968. The van der Waals surface area contributed by atoms with E-state index in [2.05, 4.69) is 39.5 Å². The molecule has 1 aromatic heterocycles. The number of ether oxygens (including phenoxy) is 1. The van der Waals surface area contributed by atoms with E-state index in [0.717, 1.165) is 33.4 Å². The first-order valence-electron chi connectivity index (χ1n) is 7.58. The molecule has 1 saturated heterocycles. The van der Waals surface area contributed by atoms with Gasteiger partial charge in [0.05, 0.1) is 11.9 Å². The molecule has 2 aliphatic rings. The average Bonchev–Trinajstić information content (AvgIpc) is 3.19. The molecule has 23 heavy (non-hydrogen) atoms. The fourth-order valence-corrected chi connectivity index (χ4v) is 3.69. The number of fused-ring (bicyclic) bond motifs is 3. The van der Waals surface area contributed by atoms with Gasteiger partial charge in [-0.2, -0.15) is 5.10 Å². The van der Waals surface area contributed by atoms with Gasteiger partial charge in [-0.25, -0.2) is 4.99 Å². The monoisotopic (exact) mass is 303 g/mol. The number of H-pyrrole nitrogens is 1. The number of nitrogens with zero attached hydrogens (tertiary/aromatic N) is 2. The number of aliphatic imine (C=N–C) groups is 1. The zero-order valence-corrected chi connectivity index (χ0v) is 12.2. The molecular formula is C18H13N3O2. The van der Waals surface area contributed by atoms with Gasteiger partial charge in [-0.3, -0.25) is 9.89 Å². The van der Waals surface area contributed by atoms with E-state index in [1.165, 1.54) is 0 Å². The van der Waals surface area contributed by atoms with Crippen molar-refractivity contribution in [3.63, 3.8) is 0 Å². The Balaban J connectivity index is 1.80. The fraction of sp³-hybridized carbons (Fsp3) is 0.167. The van der Waals surface area contributed by atoms with Crippen LogP contribution in [-0.4, -0.2) is 28.5 Å². The van der Waals surface area contributed by atoms with Crippen molar-refractivity contribution in [3.05, 3.63) is 59.8 Å². The molecule has 2 aromatic carbocycles. The van der Waals surface area contributed by atoms with E-state index in [1.807, 2.05) is 18.2 Å². The number of esters is 1. The normalized spacial score (nSPS) is 22.4. The molecule has 1 N–H and O–H groups in total. The summed E-state index contributed by atoms with van der Waals surface area (Å²) in [6.45, 7) is 0.267. The van der Waals surface area contributed by atoms with E-state index in [9.17, 15) is 4.79 Å². The lowest BCUT2D eigenvalue weighted by Gasteiger charge is -2.25. The van der Waals surface area contributed by atoms with Crippen LogP contribution in [0.5, 0.6) is 0 Å². The van der Waals surface area contributed by atoms with Crippen LogP contribution in [0.4, 0.5) is 5.82 Å². The fourth-order valence-electron chi connectivity index (χ4n) is 3.69. The third kappa shape index (κ3) is 1.70. The molecule has 3 heterocycles. The molecule has 112 valence electrons. The molecule has 2 aliphatic heterocycles. The predicted octanol–water partition coefficient (Wildman–Crippen LogP) is 2.95. The average molecular weight is 303 g/mol. The quantitative estimate of drug-likeness (QED) is 0.703. The SMILES string of the molecule is O=C1OCC2=Nc3[nH]ncc3C(c3cccc4ccccc34)C12. The van der Waals surface area contributed by atoms with Gasteiger partial charge < -0.3 is 4.74 Å². The van der Waals surface area contributed by atoms with Gasteiger partial charge in [-0.05, 0) is 16.3 Å². The van der Waals surface area contributed by atoms with Gasteiger partial charge in [0, 0.05) is 11.5 Å². The highest BCUT2D eigenvalue weighted by Gasteiger charge is 2.45. The number of rotatable bonds is 1. The van der Waals surface area contributed by atoms with Crippen molar-refractivity contribution in [2.24, 2.45) is 10.9 Å². The maximum atomic E-state index is 12.3. The number of nitrogens with one attached hydrogen (secondary N) is 1. The minimum atomic E-state index is -0.356. The van der Waals surface area contributed by atoms with Gasteiger partial charge in [0.25, 0.3) is 0 Å². The summed E-state index contributed by atoms with van der Waals surface area (Å²) in [5.74, 6) is 0.0595. The summed E-state index contributed by atoms with van der Waals surface area (Å²) in [5.41, 5.74) is 2.85. The first kappa shape index (κ1) is 12.6. The number of benzene rings is 2. The summed E-state index contributed by atoms with van der Waals surface area (Å²) in [6.07, 6.45) is 1.77. The second kappa shape index (κ2) is 4.52. The number of hydrogen-bond donors (Lipinski definition) is 1. The lowest BCUT2D eigenvalue weighted by Crippen LogP contribution is -2.27. The maximum absolute atomic E-state index is 12.3. The summed E-state index contributed by atoms with van der Waals surface area (Å²) in [6, 6.07) is 14.4. The molecule has 0 saturated carbocycles. The van der Waals surface area contributed by atoms with Gasteiger partial charge >= 0.3 is 5.97 Å². The van der Waals surface area contributed by atoms with Gasteiger partial charge in [0.2, 0.25) is 0 Å². The van der Waals surface area contributed by atoms with Crippen molar-refractivity contribution in [1.29, 1.82) is 0 Å². The van der Waals surface area contributed by atoms with Crippen LogP contribution in [0.15, 0.2) is 53.7 Å². The lowest BCUT2D eigenvalue weighted by atomic mass is 9.77. The molecule has 0 amide bonds. The van der Waals surface area contributed by atoms with Crippen LogP contribution in [0.25, 0.3) is 10.8 Å². The number of aromatic nitrogens is 2. The molecule has 5 rings (SSSR count). The molecule has 0 spiro atoms. The molecule has 3 aromatic rings. The molecule has 5 heteroatoms. The van der Waals surface area contributed by atoms with Gasteiger partial charge in [-0.1, -0.05) is 42.5 Å². The topological polar surface area (TPSA) is 67.3 Å². The molecule has 2 unspecified atom stereocenters. The number of carbonyl (C=O) groups excluding carboxylic acids is 1. The molecule has 0 radical (unpaired) electrons. The van der Waals surface area contributed by atoms with Crippen LogP contribution >= 0.6 is 0 Å². The molecular weight excluding hydrogens is 290 g/mol. The summed E-state index contributed by atoms with van der Waals surface area (Å²) in [4.78, 5) is 16.9. The summed E-state index contributed by atoms with van der Waals surface area (Å²) < 4.78 is 5.26. The Morgan fingerprint density at radius 3 is 2.87 bits per heavy atom. The van der Waals surface area contributed by atoms with E-state index in [1.54, 1.807) is 6.20 Å².